The zero-order valence-corrected chi connectivity index (χ0v) is 16.5. The Morgan fingerprint density at radius 3 is 2.48 bits per heavy atom. The average Bonchev–Trinajstić information content (AvgIpc) is 2.65. The van der Waals surface area contributed by atoms with E-state index in [0.717, 1.165) is 0 Å². The first-order valence-corrected chi connectivity index (χ1v) is 9.07. The van der Waals surface area contributed by atoms with E-state index in [1.54, 1.807) is 36.4 Å². The molecule has 0 radical (unpaired) electrons. The highest BCUT2D eigenvalue weighted by Gasteiger charge is 2.16. The van der Waals surface area contributed by atoms with Gasteiger partial charge in [-0.25, -0.2) is 0 Å². The van der Waals surface area contributed by atoms with Crippen molar-refractivity contribution in [3.8, 4) is 17.2 Å². The van der Waals surface area contributed by atoms with Gasteiger partial charge in [0, 0.05) is 17.8 Å². The number of nitrogens with two attached hydrogens (primary N) is 1. The maximum absolute atomic E-state index is 12.6. The summed E-state index contributed by atoms with van der Waals surface area (Å²) in [5.74, 6) is 1.58. The topological polar surface area (TPSA) is 82.8 Å². The minimum absolute atomic E-state index is 0.304. The summed E-state index contributed by atoms with van der Waals surface area (Å²) in [6, 6.07) is 10.2. The number of methoxy groups -OCH3 is 1. The molecule has 7 heteroatoms. The second kappa shape index (κ2) is 10.0. The number of carbonyl (C=O) groups excluding carboxylic acids is 1. The van der Waals surface area contributed by atoms with Gasteiger partial charge < -0.3 is 25.3 Å². The molecule has 2 aromatic rings. The molecule has 0 unspecified atom stereocenters. The Morgan fingerprint density at radius 1 is 1.19 bits per heavy atom. The number of nitrogens with one attached hydrogen (secondary N) is 1. The molecule has 2 aromatic carbocycles. The van der Waals surface area contributed by atoms with Gasteiger partial charge in [-0.2, -0.15) is 0 Å². The fourth-order valence-corrected chi connectivity index (χ4v) is 2.52. The molecular weight excluding hydrogens is 368 g/mol. The van der Waals surface area contributed by atoms with Crippen LogP contribution in [0.2, 0.25) is 5.02 Å². The van der Waals surface area contributed by atoms with Crippen molar-refractivity contribution < 1.29 is 19.0 Å². The van der Waals surface area contributed by atoms with Gasteiger partial charge in [0.15, 0.2) is 11.5 Å². The minimum atomic E-state index is -0.304. The van der Waals surface area contributed by atoms with Crippen molar-refractivity contribution in [1.82, 2.24) is 0 Å². The molecule has 0 fully saturated rings. The van der Waals surface area contributed by atoms with Crippen LogP contribution in [0, 0.1) is 5.92 Å². The smallest absolute Gasteiger partial charge is 0.255 e. The maximum atomic E-state index is 12.6. The van der Waals surface area contributed by atoms with Gasteiger partial charge in [-0.1, -0.05) is 25.4 Å². The summed E-state index contributed by atoms with van der Waals surface area (Å²) < 4.78 is 16.5. The van der Waals surface area contributed by atoms with Gasteiger partial charge in [-0.05, 0) is 42.3 Å². The summed E-state index contributed by atoms with van der Waals surface area (Å²) >= 11 is 6.30. The van der Waals surface area contributed by atoms with E-state index in [-0.39, 0.29) is 5.91 Å². The molecule has 146 valence electrons. The Labute approximate surface area is 164 Å². The molecule has 0 aliphatic carbocycles. The van der Waals surface area contributed by atoms with Crippen LogP contribution in [0.15, 0.2) is 36.4 Å². The van der Waals surface area contributed by atoms with Gasteiger partial charge in [0.1, 0.15) is 12.4 Å². The monoisotopic (exact) mass is 392 g/mol. The Kier molecular flexibility index (Phi) is 7.76. The standard InChI is InChI=1S/C20H25ClN2O4/c1-13(2)12-27-19-17(21)10-14(11-18(19)25-3)20(24)23-15-4-6-16(7-5-15)26-9-8-22/h4-7,10-11,13H,8-9,12,22H2,1-3H3,(H,23,24). The number of hydrogen-bond donors (Lipinski definition) is 2. The molecule has 0 aliphatic heterocycles. The van der Waals surface area contributed by atoms with Crippen LogP contribution >= 0.6 is 11.6 Å². The molecule has 27 heavy (non-hydrogen) atoms. The van der Waals surface area contributed by atoms with Crippen molar-refractivity contribution in [1.29, 1.82) is 0 Å². The Bertz CT molecular complexity index is 763. The molecule has 0 spiro atoms. The molecule has 0 bridgehead atoms. The van der Waals surface area contributed by atoms with E-state index in [9.17, 15) is 4.79 Å². The number of rotatable bonds is 9. The number of carbonyl (C=O) groups is 1. The van der Waals surface area contributed by atoms with E-state index in [1.165, 1.54) is 7.11 Å². The van der Waals surface area contributed by atoms with Crippen molar-refractivity contribution in [3.63, 3.8) is 0 Å². The van der Waals surface area contributed by atoms with Crippen molar-refractivity contribution in [2.24, 2.45) is 11.7 Å². The van der Waals surface area contributed by atoms with Gasteiger partial charge in [0.25, 0.3) is 5.91 Å². The number of ether oxygens (including phenoxy) is 3. The summed E-state index contributed by atoms with van der Waals surface area (Å²) in [6.07, 6.45) is 0. The van der Waals surface area contributed by atoms with Crippen LogP contribution in [-0.2, 0) is 0 Å². The summed E-state index contributed by atoms with van der Waals surface area (Å²) in [4.78, 5) is 12.6. The molecule has 0 aliphatic rings. The van der Waals surface area contributed by atoms with Gasteiger partial charge >= 0.3 is 0 Å². The fourth-order valence-electron chi connectivity index (χ4n) is 2.26. The van der Waals surface area contributed by atoms with Gasteiger partial charge in [-0.3, -0.25) is 4.79 Å². The quantitative estimate of drug-likeness (QED) is 0.674. The highest BCUT2D eigenvalue weighted by atomic mass is 35.5. The number of hydrogen-bond acceptors (Lipinski definition) is 5. The average molecular weight is 393 g/mol. The number of anilines is 1. The predicted octanol–water partition coefficient (Wildman–Crippen LogP) is 3.97. The van der Waals surface area contributed by atoms with Crippen LogP contribution < -0.4 is 25.3 Å². The predicted molar refractivity (Wildman–Crippen MR) is 107 cm³/mol. The molecule has 1 amide bonds. The Balaban J connectivity index is 2.12. The van der Waals surface area contributed by atoms with Crippen LogP contribution in [-0.4, -0.2) is 32.8 Å². The minimum Gasteiger partial charge on any atom is -0.493 e. The number of amides is 1. The first-order chi connectivity index (χ1) is 12.9. The zero-order valence-electron chi connectivity index (χ0n) is 15.8. The number of halogens is 1. The molecule has 0 saturated carbocycles. The van der Waals surface area contributed by atoms with Crippen LogP contribution in [0.25, 0.3) is 0 Å². The molecule has 0 saturated heterocycles. The summed E-state index contributed by atoms with van der Waals surface area (Å²) in [5, 5.41) is 3.14. The van der Waals surface area contributed by atoms with Crippen LogP contribution in [0.4, 0.5) is 5.69 Å². The van der Waals surface area contributed by atoms with Crippen LogP contribution in [0.1, 0.15) is 24.2 Å². The van der Waals surface area contributed by atoms with E-state index >= 15 is 0 Å². The molecule has 2 rings (SSSR count). The fraction of sp³-hybridized carbons (Fsp3) is 0.350. The van der Waals surface area contributed by atoms with E-state index in [0.29, 0.717) is 59.2 Å². The van der Waals surface area contributed by atoms with Crippen molar-refractivity contribution >= 4 is 23.2 Å². The summed E-state index contributed by atoms with van der Waals surface area (Å²) in [7, 11) is 1.51. The Hall–Kier alpha value is -2.44. The lowest BCUT2D eigenvalue weighted by molar-refractivity contribution is 0.102. The first kappa shape index (κ1) is 20.9. The van der Waals surface area contributed by atoms with Crippen LogP contribution in [0.5, 0.6) is 17.2 Å². The SMILES string of the molecule is COc1cc(C(=O)Nc2ccc(OCCN)cc2)cc(Cl)c1OCC(C)C. The van der Waals surface area contributed by atoms with Crippen molar-refractivity contribution in [2.45, 2.75) is 13.8 Å². The normalized spacial score (nSPS) is 10.6. The van der Waals surface area contributed by atoms with Crippen LogP contribution in [0.3, 0.4) is 0 Å². The third kappa shape index (κ3) is 6.05. The third-order valence-corrected chi connectivity index (χ3v) is 3.83. The molecule has 6 nitrogen and oxygen atoms in total. The molecule has 3 N–H and O–H groups in total. The molecule has 0 atom stereocenters. The highest BCUT2D eigenvalue weighted by Crippen LogP contribution is 2.37. The Morgan fingerprint density at radius 2 is 1.89 bits per heavy atom. The molecular formula is C20H25ClN2O4. The first-order valence-electron chi connectivity index (χ1n) is 8.69. The summed E-state index contributed by atoms with van der Waals surface area (Å²) in [5.41, 5.74) is 6.41. The third-order valence-electron chi connectivity index (χ3n) is 3.55. The van der Waals surface area contributed by atoms with Gasteiger partial charge in [-0.15, -0.1) is 0 Å². The molecule has 0 heterocycles. The van der Waals surface area contributed by atoms with E-state index in [2.05, 4.69) is 5.32 Å². The van der Waals surface area contributed by atoms with Gasteiger partial charge in [0.2, 0.25) is 0 Å². The lowest BCUT2D eigenvalue weighted by Gasteiger charge is -2.15. The second-order valence-corrected chi connectivity index (χ2v) is 6.72. The second-order valence-electron chi connectivity index (χ2n) is 6.31. The maximum Gasteiger partial charge on any atom is 0.255 e. The molecule has 0 aromatic heterocycles. The van der Waals surface area contributed by atoms with E-state index < -0.39 is 0 Å². The highest BCUT2D eigenvalue weighted by molar-refractivity contribution is 6.32. The van der Waals surface area contributed by atoms with E-state index in [4.69, 9.17) is 31.5 Å². The van der Waals surface area contributed by atoms with Crippen molar-refractivity contribution in [2.75, 3.05) is 32.2 Å². The lowest BCUT2D eigenvalue weighted by Crippen LogP contribution is -2.13. The number of benzene rings is 2. The lowest BCUT2D eigenvalue weighted by atomic mass is 10.1. The summed E-state index contributed by atoms with van der Waals surface area (Å²) in [6.45, 7) is 5.45. The largest absolute Gasteiger partial charge is 0.493 e. The van der Waals surface area contributed by atoms with Crippen molar-refractivity contribution in [3.05, 3.63) is 47.0 Å². The van der Waals surface area contributed by atoms with E-state index in [1.807, 2.05) is 13.8 Å². The van der Waals surface area contributed by atoms with Gasteiger partial charge in [0.05, 0.1) is 18.7 Å². The zero-order chi connectivity index (χ0) is 19.8.